The molecule has 1 heterocycles. The van der Waals surface area contributed by atoms with Crippen LogP contribution in [-0.2, 0) is 19.3 Å². The van der Waals surface area contributed by atoms with Crippen molar-refractivity contribution in [2.45, 2.75) is 69.7 Å². The maximum atomic E-state index is 12.3. The van der Waals surface area contributed by atoms with E-state index in [1.54, 1.807) is 0 Å². The number of halogens is 1. The minimum atomic E-state index is -1.26. The number of nitrogens with two attached hydrogens (primary N) is 3. The van der Waals surface area contributed by atoms with Gasteiger partial charge in [-0.05, 0) is 74.7 Å². The van der Waals surface area contributed by atoms with Crippen LogP contribution in [-0.4, -0.2) is 98.3 Å². The Labute approximate surface area is 286 Å². The van der Waals surface area contributed by atoms with Crippen molar-refractivity contribution in [3.8, 4) is 0 Å². The number of carbonyl (C=O) groups excluding carboxylic acids is 1. The van der Waals surface area contributed by atoms with Crippen LogP contribution in [0.5, 0.6) is 0 Å². The van der Waals surface area contributed by atoms with Gasteiger partial charge in [-0.25, -0.2) is 9.97 Å². The fourth-order valence-corrected chi connectivity index (χ4v) is 5.35. The largest absolute Gasteiger partial charge is 0.394 e. The number of aliphatic imine (C=N–C) groups is 1. The number of carbonyl (C=O) groups is 1. The molecule has 0 spiro atoms. The monoisotopic (exact) mass is 684 g/mol. The molecule has 0 aliphatic heterocycles. The number of aliphatic hydroxyl groups is 4. The van der Waals surface area contributed by atoms with Gasteiger partial charge in [0.2, 0.25) is 0 Å². The number of nitrogens with one attached hydrogen (secondary N) is 1. The van der Waals surface area contributed by atoms with E-state index in [2.05, 4.69) is 61.6 Å². The predicted octanol–water partition coefficient (Wildman–Crippen LogP) is 1.69. The number of anilines is 2. The fraction of sp³-hybridized carbons (Fsp3) is 0.471. The first-order chi connectivity index (χ1) is 23.0. The van der Waals surface area contributed by atoms with Gasteiger partial charge in [0.15, 0.2) is 28.4 Å². The van der Waals surface area contributed by atoms with Gasteiger partial charge in [-0.15, -0.1) is 0 Å². The summed E-state index contributed by atoms with van der Waals surface area (Å²) in [5.41, 5.74) is 20.6. The third-order valence-corrected chi connectivity index (χ3v) is 8.15. The number of nitrogens with zero attached hydrogens (tertiary/aromatic N) is 4. The highest BCUT2D eigenvalue weighted by Gasteiger charge is 2.21. The molecule has 0 saturated carbocycles. The summed E-state index contributed by atoms with van der Waals surface area (Å²) in [4.78, 5) is 26.4. The second kappa shape index (κ2) is 20.5. The highest BCUT2D eigenvalue weighted by Crippen LogP contribution is 2.17. The molecule has 0 aliphatic rings. The third kappa shape index (κ3) is 13.7. The zero-order valence-electron chi connectivity index (χ0n) is 27.2. The van der Waals surface area contributed by atoms with Crippen LogP contribution >= 0.6 is 11.6 Å². The second-order valence-corrected chi connectivity index (χ2v) is 12.2. The van der Waals surface area contributed by atoms with Crippen LogP contribution in [0.1, 0.15) is 59.3 Å². The molecule has 0 fully saturated rings. The number of hydrogen-bond donors (Lipinski definition) is 8. The van der Waals surface area contributed by atoms with Gasteiger partial charge in [0, 0.05) is 19.5 Å². The normalized spacial score (nSPS) is 13.8. The Balaban J connectivity index is 1.40. The molecule has 3 rings (SSSR count). The molecule has 14 heteroatoms. The number of nitrogen functional groups attached to an aromatic ring is 2. The van der Waals surface area contributed by atoms with E-state index in [0.717, 1.165) is 58.0 Å². The molecule has 1 amide bonds. The molecule has 1 aromatic heterocycles. The summed E-state index contributed by atoms with van der Waals surface area (Å²) < 4.78 is 0. The first-order valence-electron chi connectivity index (χ1n) is 16.2. The van der Waals surface area contributed by atoms with Gasteiger partial charge in [-0.2, -0.15) is 0 Å². The zero-order valence-corrected chi connectivity index (χ0v) is 28.0. The lowest BCUT2D eigenvalue weighted by molar-refractivity contribution is -0.0405. The molecule has 0 radical (unpaired) electrons. The topological polar surface area (TPSA) is 229 Å². The number of aromatic nitrogens is 2. The van der Waals surface area contributed by atoms with Gasteiger partial charge in [0.05, 0.1) is 18.8 Å². The lowest BCUT2D eigenvalue weighted by atomic mass is 10.0. The lowest BCUT2D eigenvalue weighted by Gasteiger charge is -2.27. The van der Waals surface area contributed by atoms with E-state index < -0.39 is 30.8 Å². The van der Waals surface area contributed by atoms with Crippen LogP contribution in [0, 0.1) is 0 Å². The van der Waals surface area contributed by atoms with Gasteiger partial charge < -0.3 is 42.5 Å². The van der Waals surface area contributed by atoms with E-state index in [4.69, 9.17) is 33.9 Å². The molecule has 0 aliphatic carbocycles. The Kier molecular flexibility index (Phi) is 16.5. The maximum absolute atomic E-state index is 12.3. The Hall–Kier alpha value is -3.85. The van der Waals surface area contributed by atoms with E-state index in [-0.39, 0.29) is 34.9 Å². The molecule has 3 atom stereocenters. The van der Waals surface area contributed by atoms with Crippen molar-refractivity contribution in [3.63, 3.8) is 0 Å². The molecule has 0 bridgehead atoms. The van der Waals surface area contributed by atoms with E-state index in [9.17, 15) is 20.1 Å². The predicted molar refractivity (Wildman–Crippen MR) is 188 cm³/mol. The molecule has 11 N–H and O–H groups in total. The summed E-state index contributed by atoms with van der Waals surface area (Å²) >= 11 is 5.82. The summed E-state index contributed by atoms with van der Waals surface area (Å²) in [5, 5.41) is 41.7. The van der Waals surface area contributed by atoms with E-state index >= 15 is 0 Å². The van der Waals surface area contributed by atoms with Crippen molar-refractivity contribution in [2.24, 2.45) is 10.7 Å². The maximum Gasteiger partial charge on any atom is 0.280 e. The molecule has 3 aromatic rings. The number of aliphatic hydroxyl groups excluding tert-OH is 4. The van der Waals surface area contributed by atoms with Crippen LogP contribution in [0.2, 0.25) is 5.15 Å². The molecule has 0 unspecified atom stereocenters. The number of benzene rings is 2. The molecular formula is C34H49ClN8O5. The van der Waals surface area contributed by atoms with Crippen LogP contribution in [0.4, 0.5) is 11.6 Å². The first-order valence-corrected chi connectivity index (χ1v) is 16.6. The van der Waals surface area contributed by atoms with E-state index in [0.29, 0.717) is 13.1 Å². The van der Waals surface area contributed by atoms with Crippen LogP contribution in [0.25, 0.3) is 0 Å². The Morgan fingerprint density at radius 3 is 2.02 bits per heavy atom. The molecule has 48 heavy (non-hydrogen) atoms. The molecule has 262 valence electrons. The summed E-state index contributed by atoms with van der Waals surface area (Å²) in [6, 6.07) is 18.8. The van der Waals surface area contributed by atoms with Crippen LogP contribution < -0.4 is 22.5 Å². The molecule has 0 saturated heterocycles. The Morgan fingerprint density at radius 1 is 0.833 bits per heavy atom. The zero-order chi connectivity index (χ0) is 34.9. The first kappa shape index (κ1) is 38.6. The fourth-order valence-electron chi connectivity index (χ4n) is 5.22. The van der Waals surface area contributed by atoms with E-state index in [1.807, 2.05) is 18.2 Å². The highest BCUT2D eigenvalue weighted by molar-refractivity contribution is 6.31. The standard InChI is InChI=1S/C34H49ClN8O5/c35-30-32(37)41-31(36)29(40-30)33(48)42-34(38)39-17-5-4-10-24-13-15-25(16-14-24)12-7-19-43(18-6-11-23-8-2-1-3-9-23)21-26(45)20-27(46)28(47)22-44/h1-3,8-9,13-16,26-28,44-47H,4-7,10-12,17-22H2,(H4,36,37,41)(H3,38,39,42,48)/t26-,27+,28-/m1/s1. The Morgan fingerprint density at radius 2 is 1.42 bits per heavy atom. The van der Waals surface area contributed by atoms with Gasteiger partial charge >= 0.3 is 0 Å². The highest BCUT2D eigenvalue weighted by atomic mass is 35.5. The SMILES string of the molecule is NC(=NCCCCc1ccc(CCCN(CCCc2ccccc2)C[C@H](O)C[C@H](O)[C@H](O)CO)cc1)NC(=O)c1nc(Cl)c(N)nc1N. The molecular weight excluding hydrogens is 636 g/mol. The van der Waals surface area contributed by atoms with Crippen molar-refractivity contribution in [1.82, 2.24) is 20.2 Å². The average molecular weight is 685 g/mol. The smallest absolute Gasteiger partial charge is 0.280 e. The van der Waals surface area contributed by atoms with Gasteiger partial charge in [-0.3, -0.25) is 15.1 Å². The number of rotatable bonds is 20. The number of aryl methyl sites for hydroxylation is 3. The summed E-state index contributed by atoms with van der Waals surface area (Å²) in [5.74, 6) is -0.957. The molecule has 2 aromatic carbocycles. The van der Waals surface area contributed by atoms with Gasteiger partial charge in [0.1, 0.15) is 6.10 Å². The minimum absolute atomic E-state index is 0.0000962. The number of unbranched alkanes of at least 4 members (excludes halogenated alkanes) is 1. The van der Waals surface area contributed by atoms with Crippen molar-refractivity contribution < 1.29 is 25.2 Å². The summed E-state index contributed by atoms with van der Waals surface area (Å²) in [6.07, 6.45) is 2.94. The van der Waals surface area contributed by atoms with Crippen molar-refractivity contribution in [2.75, 3.05) is 44.3 Å². The third-order valence-electron chi connectivity index (χ3n) is 7.88. The van der Waals surface area contributed by atoms with Crippen LogP contribution in [0.15, 0.2) is 59.6 Å². The number of guanidine groups is 1. The number of hydrogen-bond acceptors (Lipinski definition) is 11. The average Bonchev–Trinajstić information content (AvgIpc) is 3.06. The minimum Gasteiger partial charge on any atom is -0.394 e. The van der Waals surface area contributed by atoms with Crippen molar-refractivity contribution >= 4 is 35.1 Å². The summed E-state index contributed by atoms with van der Waals surface area (Å²) in [7, 11) is 0. The second-order valence-electron chi connectivity index (χ2n) is 11.8. The summed E-state index contributed by atoms with van der Waals surface area (Å²) in [6.45, 7) is 1.85. The van der Waals surface area contributed by atoms with Gasteiger partial charge in [0.25, 0.3) is 5.91 Å². The molecule has 13 nitrogen and oxygen atoms in total. The van der Waals surface area contributed by atoms with Gasteiger partial charge in [-0.1, -0.05) is 66.2 Å². The van der Waals surface area contributed by atoms with E-state index in [1.165, 1.54) is 16.7 Å². The number of amides is 1. The van der Waals surface area contributed by atoms with Crippen LogP contribution in [0.3, 0.4) is 0 Å². The lowest BCUT2D eigenvalue weighted by Crippen LogP contribution is -2.39. The quantitative estimate of drug-likeness (QED) is 0.0485. The Bertz CT molecular complexity index is 1430. The van der Waals surface area contributed by atoms with Crippen molar-refractivity contribution in [1.29, 1.82) is 0 Å². The van der Waals surface area contributed by atoms with Crippen molar-refractivity contribution in [3.05, 3.63) is 82.1 Å².